The number of hydrogen-bond acceptors (Lipinski definition) is 2. The number of carbonyl (C=O) groups is 1. The van der Waals surface area contributed by atoms with E-state index in [1.54, 1.807) is 0 Å². The molecule has 1 amide bonds. The van der Waals surface area contributed by atoms with Crippen molar-refractivity contribution in [3.8, 4) is 0 Å². The first-order chi connectivity index (χ1) is 9.74. The van der Waals surface area contributed by atoms with Crippen LogP contribution in [-0.2, 0) is 17.8 Å². The Morgan fingerprint density at radius 1 is 1.00 bits per heavy atom. The third-order valence-corrected chi connectivity index (χ3v) is 3.30. The lowest BCUT2D eigenvalue weighted by molar-refractivity contribution is 0.139. The minimum Gasteiger partial charge on any atom is -0.445 e. The highest BCUT2D eigenvalue weighted by molar-refractivity contribution is 9.09. The highest BCUT2D eigenvalue weighted by atomic mass is 79.9. The number of alkyl halides is 1. The molecule has 2 aromatic rings. The van der Waals surface area contributed by atoms with E-state index in [1.165, 1.54) is 0 Å². The second-order valence-electron chi connectivity index (χ2n) is 4.36. The number of amides is 1. The van der Waals surface area contributed by atoms with E-state index in [9.17, 15) is 4.79 Å². The van der Waals surface area contributed by atoms with E-state index < -0.39 is 6.09 Å². The molecule has 2 rings (SSSR count). The Bertz CT molecular complexity index is 531. The van der Waals surface area contributed by atoms with E-state index >= 15 is 0 Å². The van der Waals surface area contributed by atoms with Crippen molar-refractivity contribution >= 4 is 22.0 Å². The van der Waals surface area contributed by atoms with E-state index in [-0.39, 0.29) is 11.6 Å². The predicted molar refractivity (Wildman–Crippen MR) is 82.6 cm³/mol. The molecule has 3 nitrogen and oxygen atoms in total. The summed E-state index contributed by atoms with van der Waals surface area (Å²) in [5.41, 5.74) is 2.12. The summed E-state index contributed by atoms with van der Waals surface area (Å²) in [6.45, 7) is 0.276. The molecule has 104 valence electrons. The Morgan fingerprint density at radius 2 is 1.55 bits per heavy atom. The zero-order valence-electron chi connectivity index (χ0n) is 11.0. The molecule has 0 aliphatic rings. The summed E-state index contributed by atoms with van der Waals surface area (Å²) in [5, 5.41) is 2.75. The lowest BCUT2D eigenvalue weighted by Gasteiger charge is -2.12. The van der Waals surface area contributed by atoms with Crippen molar-refractivity contribution in [1.82, 2.24) is 5.32 Å². The molecule has 0 aromatic heterocycles. The monoisotopic (exact) mass is 333 g/mol. The second-order valence-corrected chi connectivity index (χ2v) is 5.47. The summed E-state index contributed by atoms with van der Waals surface area (Å²) in [6.07, 6.45) is 0.285. The summed E-state index contributed by atoms with van der Waals surface area (Å²) in [4.78, 5) is 11.5. The topological polar surface area (TPSA) is 38.3 Å². The van der Waals surface area contributed by atoms with E-state index in [2.05, 4.69) is 21.2 Å². The van der Waals surface area contributed by atoms with Crippen molar-refractivity contribution in [2.75, 3.05) is 0 Å². The molecule has 0 saturated carbocycles. The number of carbonyl (C=O) groups excluding carboxylic acids is 1. The van der Waals surface area contributed by atoms with Crippen LogP contribution in [0.3, 0.4) is 0 Å². The van der Waals surface area contributed by atoms with E-state index in [1.807, 2.05) is 60.7 Å². The van der Waals surface area contributed by atoms with E-state index in [0.717, 1.165) is 11.1 Å². The fraction of sp³-hybridized carbons (Fsp3) is 0.188. The molecule has 0 radical (unpaired) electrons. The van der Waals surface area contributed by atoms with Gasteiger partial charge in [0.15, 0.2) is 0 Å². The van der Waals surface area contributed by atoms with Crippen LogP contribution in [0.25, 0.3) is 0 Å². The average molecular weight is 334 g/mol. The molecule has 0 fully saturated rings. The minimum absolute atomic E-state index is 0.145. The molecule has 0 spiro atoms. The third kappa shape index (κ3) is 5.05. The van der Waals surface area contributed by atoms with Gasteiger partial charge in [-0.05, 0) is 11.1 Å². The summed E-state index contributed by atoms with van der Waals surface area (Å²) < 4.78 is 5.16. The van der Waals surface area contributed by atoms with Crippen molar-refractivity contribution in [1.29, 1.82) is 0 Å². The van der Waals surface area contributed by atoms with Gasteiger partial charge in [-0.3, -0.25) is 0 Å². The molecule has 1 N–H and O–H groups in total. The van der Waals surface area contributed by atoms with Gasteiger partial charge in [-0.2, -0.15) is 0 Å². The molecule has 0 aliphatic heterocycles. The molecule has 0 saturated heterocycles. The Hall–Kier alpha value is -1.81. The highest BCUT2D eigenvalue weighted by Crippen LogP contribution is 2.08. The standard InChI is InChI=1S/C16H16BrNO2/c17-15(11-13-7-3-1-4-8-13)18-16(19)20-12-14-9-5-2-6-10-14/h1-10,15H,11-12H2,(H,18,19). The molecule has 1 unspecified atom stereocenters. The average Bonchev–Trinajstić information content (AvgIpc) is 2.47. The first-order valence-electron chi connectivity index (χ1n) is 6.39. The van der Waals surface area contributed by atoms with Crippen molar-refractivity contribution in [2.45, 2.75) is 18.0 Å². The van der Waals surface area contributed by atoms with Crippen LogP contribution in [0.5, 0.6) is 0 Å². The normalized spacial score (nSPS) is 11.7. The largest absolute Gasteiger partial charge is 0.445 e. The summed E-state index contributed by atoms with van der Waals surface area (Å²) in [5.74, 6) is 0. The zero-order valence-corrected chi connectivity index (χ0v) is 12.5. The van der Waals surface area contributed by atoms with E-state index in [0.29, 0.717) is 6.42 Å². The lowest BCUT2D eigenvalue weighted by Crippen LogP contribution is -2.32. The Kier molecular flexibility index (Phi) is 5.62. The van der Waals surface area contributed by atoms with Crippen LogP contribution in [0.2, 0.25) is 0 Å². The first-order valence-corrected chi connectivity index (χ1v) is 7.31. The molecule has 0 heterocycles. The fourth-order valence-corrected chi connectivity index (χ4v) is 2.33. The van der Waals surface area contributed by atoms with Crippen molar-refractivity contribution in [2.24, 2.45) is 0 Å². The molecule has 0 bridgehead atoms. The molecule has 0 aliphatic carbocycles. The SMILES string of the molecule is O=C(NC(Br)Cc1ccccc1)OCc1ccccc1. The maximum absolute atomic E-state index is 11.7. The predicted octanol–water partition coefficient (Wildman–Crippen LogP) is 3.88. The van der Waals surface area contributed by atoms with Gasteiger partial charge in [0, 0.05) is 6.42 Å². The van der Waals surface area contributed by atoms with Crippen LogP contribution in [-0.4, -0.2) is 11.0 Å². The van der Waals surface area contributed by atoms with Gasteiger partial charge in [-0.15, -0.1) is 0 Å². The Labute approximate surface area is 127 Å². The van der Waals surface area contributed by atoms with Crippen LogP contribution in [0.4, 0.5) is 4.79 Å². The summed E-state index contributed by atoms with van der Waals surface area (Å²) >= 11 is 3.43. The number of hydrogen-bond donors (Lipinski definition) is 1. The fourth-order valence-electron chi connectivity index (χ4n) is 1.76. The number of benzene rings is 2. The molecular formula is C16H16BrNO2. The number of rotatable bonds is 5. The lowest BCUT2D eigenvalue weighted by atomic mass is 10.1. The first kappa shape index (κ1) is 14.6. The number of nitrogens with one attached hydrogen (secondary N) is 1. The van der Waals surface area contributed by atoms with Gasteiger partial charge in [0.25, 0.3) is 0 Å². The number of alkyl carbamates (subject to hydrolysis) is 1. The van der Waals surface area contributed by atoms with Crippen molar-refractivity contribution in [3.63, 3.8) is 0 Å². The maximum Gasteiger partial charge on any atom is 0.408 e. The number of halogens is 1. The second kappa shape index (κ2) is 7.70. The molecule has 20 heavy (non-hydrogen) atoms. The highest BCUT2D eigenvalue weighted by Gasteiger charge is 2.10. The summed E-state index contributed by atoms with van der Waals surface area (Å²) in [6, 6.07) is 19.6. The van der Waals surface area contributed by atoms with Crippen molar-refractivity contribution < 1.29 is 9.53 Å². The Balaban J connectivity index is 1.74. The Morgan fingerprint density at radius 3 is 2.15 bits per heavy atom. The van der Waals surface area contributed by atoms with Gasteiger partial charge >= 0.3 is 6.09 Å². The minimum atomic E-state index is -0.424. The van der Waals surface area contributed by atoms with E-state index in [4.69, 9.17) is 4.74 Å². The summed E-state index contributed by atoms with van der Waals surface area (Å²) in [7, 11) is 0. The van der Waals surface area contributed by atoms with Gasteiger partial charge in [0.2, 0.25) is 0 Å². The van der Waals surface area contributed by atoms with Crippen LogP contribution in [0, 0.1) is 0 Å². The molecule has 4 heteroatoms. The quantitative estimate of drug-likeness (QED) is 0.666. The van der Waals surface area contributed by atoms with Gasteiger partial charge in [-0.1, -0.05) is 76.6 Å². The molecule has 1 atom stereocenters. The molecular weight excluding hydrogens is 318 g/mol. The van der Waals surface area contributed by atoms with Crippen LogP contribution in [0.15, 0.2) is 60.7 Å². The van der Waals surface area contributed by atoms with Gasteiger partial charge in [-0.25, -0.2) is 4.79 Å². The van der Waals surface area contributed by atoms with Gasteiger partial charge in [0.1, 0.15) is 6.61 Å². The van der Waals surface area contributed by atoms with Gasteiger partial charge < -0.3 is 10.1 Å². The zero-order chi connectivity index (χ0) is 14.2. The van der Waals surface area contributed by atoms with Crippen LogP contribution >= 0.6 is 15.9 Å². The smallest absolute Gasteiger partial charge is 0.408 e. The maximum atomic E-state index is 11.7. The van der Waals surface area contributed by atoms with Crippen LogP contribution in [0.1, 0.15) is 11.1 Å². The third-order valence-electron chi connectivity index (χ3n) is 2.74. The molecule has 2 aromatic carbocycles. The van der Waals surface area contributed by atoms with Crippen LogP contribution < -0.4 is 5.32 Å². The number of ether oxygens (including phenoxy) is 1. The van der Waals surface area contributed by atoms with Crippen molar-refractivity contribution in [3.05, 3.63) is 71.8 Å². The van der Waals surface area contributed by atoms with Gasteiger partial charge in [0.05, 0.1) is 4.95 Å².